The second kappa shape index (κ2) is 11.8. The summed E-state index contributed by atoms with van der Waals surface area (Å²) in [4.78, 5) is 12.9. The van der Waals surface area contributed by atoms with Crippen molar-refractivity contribution >= 4 is 33.2 Å². The van der Waals surface area contributed by atoms with Gasteiger partial charge in [0, 0.05) is 0 Å². The lowest BCUT2D eigenvalue weighted by atomic mass is 10.3. The third-order valence-electron chi connectivity index (χ3n) is 5.01. The molecule has 1 N–H and O–H groups in total. The molecule has 0 heterocycles. The van der Waals surface area contributed by atoms with Crippen LogP contribution in [0.3, 0.4) is 0 Å². The van der Waals surface area contributed by atoms with E-state index in [-0.39, 0.29) is 28.3 Å². The third-order valence-corrected chi connectivity index (χ3v) is 7.09. The number of nitrogens with one attached hydrogen (secondary N) is 1. The van der Waals surface area contributed by atoms with Crippen LogP contribution in [0.4, 0.5) is 5.69 Å². The van der Waals surface area contributed by atoms with Crippen LogP contribution in [0.25, 0.3) is 0 Å². The molecule has 0 aliphatic heterocycles. The van der Waals surface area contributed by atoms with Gasteiger partial charge < -0.3 is 19.5 Å². The van der Waals surface area contributed by atoms with Crippen molar-refractivity contribution in [1.29, 1.82) is 0 Å². The molecule has 3 rings (SSSR count). The molecule has 186 valence electrons. The number of benzene rings is 3. The Balaban J connectivity index is 1.75. The van der Waals surface area contributed by atoms with E-state index in [9.17, 15) is 13.2 Å². The van der Waals surface area contributed by atoms with Gasteiger partial charge in [0.2, 0.25) is 5.91 Å². The van der Waals surface area contributed by atoms with Gasteiger partial charge in [0.05, 0.1) is 35.9 Å². The summed E-state index contributed by atoms with van der Waals surface area (Å²) in [6.45, 7) is 1.51. The lowest BCUT2D eigenvalue weighted by Crippen LogP contribution is -2.45. The van der Waals surface area contributed by atoms with Gasteiger partial charge >= 0.3 is 0 Å². The molecule has 0 spiro atoms. The number of rotatable bonds is 11. The number of methoxy groups -OCH3 is 2. The summed E-state index contributed by atoms with van der Waals surface area (Å²) in [6.07, 6.45) is 0. The number of hydrogen-bond acceptors (Lipinski definition) is 6. The van der Waals surface area contributed by atoms with Crippen LogP contribution >= 0.6 is 11.6 Å². The average Bonchev–Trinajstić information content (AvgIpc) is 2.86. The fourth-order valence-corrected chi connectivity index (χ4v) is 4.92. The molecule has 0 bridgehead atoms. The molecule has 35 heavy (non-hydrogen) atoms. The molecule has 10 heteroatoms. The SMILES string of the molecule is COc1ccc(OCC(C)NC(=O)CN(c2ccc(OC)c(Cl)c2)S(=O)(=O)c2ccccc2)cc1. The zero-order chi connectivity index (χ0) is 25.4. The predicted molar refractivity (Wildman–Crippen MR) is 135 cm³/mol. The summed E-state index contributed by atoms with van der Waals surface area (Å²) >= 11 is 6.24. The summed E-state index contributed by atoms with van der Waals surface area (Å²) in [5, 5.41) is 3.00. The smallest absolute Gasteiger partial charge is 0.264 e. The van der Waals surface area contributed by atoms with Crippen molar-refractivity contribution in [3.05, 3.63) is 77.8 Å². The maximum absolute atomic E-state index is 13.4. The number of anilines is 1. The van der Waals surface area contributed by atoms with Crippen LogP contribution in [0.2, 0.25) is 5.02 Å². The Morgan fingerprint density at radius 3 is 2.23 bits per heavy atom. The van der Waals surface area contributed by atoms with Crippen molar-refractivity contribution in [2.45, 2.75) is 17.9 Å². The lowest BCUT2D eigenvalue weighted by molar-refractivity contribution is -0.120. The molecule has 0 saturated carbocycles. The topological polar surface area (TPSA) is 94.2 Å². The third kappa shape index (κ3) is 6.80. The Kier molecular flexibility index (Phi) is 8.84. The zero-order valence-corrected chi connectivity index (χ0v) is 21.2. The van der Waals surface area contributed by atoms with Crippen LogP contribution in [-0.2, 0) is 14.8 Å². The Hall–Kier alpha value is -3.43. The molecular formula is C25H27ClN2O6S. The molecule has 3 aromatic carbocycles. The summed E-state index contributed by atoms with van der Waals surface area (Å²) in [5.74, 6) is 1.22. The quantitative estimate of drug-likeness (QED) is 0.410. The summed E-state index contributed by atoms with van der Waals surface area (Å²) < 4.78 is 43.8. The summed E-state index contributed by atoms with van der Waals surface area (Å²) in [7, 11) is -1.01. The van der Waals surface area contributed by atoms with E-state index in [2.05, 4.69) is 5.32 Å². The fourth-order valence-electron chi connectivity index (χ4n) is 3.23. The zero-order valence-electron chi connectivity index (χ0n) is 19.6. The highest BCUT2D eigenvalue weighted by Gasteiger charge is 2.28. The molecular weight excluding hydrogens is 492 g/mol. The number of ether oxygens (including phenoxy) is 3. The standard InChI is InChI=1S/C25H27ClN2O6S/c1-18(17-34-21-12-10-20(32-2)11-13-21)27-25(29)16-28(19-9-14-24(33-3)23(26)15-19)35(30,31)22-7-5-4-6-8-22/h4-15,18H,16-17H2,1-3H3,(H,27,29). The molecule has 0 saturated heterocycles. The number of sulfonamides is 1. The minimum absolute atomic E-state index is 0.0515. The molecule has 0 aliphatic rings. The monoisotopic (exact) mass is 518 g/mol. The first-order chi connectivity index (χ1) is 16.7. The predicted octanol–water partition coefficient (Wildman–Crippen LogP) is 4.14. The van der Waals surface area contributed by atoms with Crippen molar-refractivity contribution in [2.24, 2.45) is 0 Å². The highest BCUT2D eigenvalue weighted by Crippen LogP contribution is 2.31. The Labute approximate surface area is 210 Å². The van der Waals surface area contributed by atoms with Gasteiger partial charge in [-0.2, -0.15) is 0 Å². The molecule has 0 aliphatic carbocycles. The van der Waals surface area contributed by atoms with Crippen LogP contribution in [0.15, 0.2) is 77.7 Å². The number of nitrogens with zero attached hydrogens (tertiary/aromatic N) is 1. The lowest BCUT2D eigenvalue weighted by Gasteiger charge is -2.25. The van der Waals surface area contributed by atoms with Crippen molar-refractivity contribution in [3.63, 3.8) is 0 Å². The molecule has 0 aromatic heterocycles. The maximum Gasteiger partial charge on any atom is 0.264 e. The van der Waals surface area contributed by atoms with E-state index in [1.807, 2.05) is 0 Å². The van der Waals surface area contributed by atoms with Gasteiger partial charge in [-0.25, -0.2) is 8.42 Å². The number of hydrogen-bond donors (Lipinski definition) is 1. The molecule has 0 fully saturated rings. The van der Waals surface area contributed by atoms with Crippen LogP contribution < -0.4 is 23.8 Å². The number of halogens is 1. The summed E-state index contributed by atoms with van der Waals surface area (Å²) in [6, 6.07) is 19.1. The van der Waals surface area contributed by atoms with E-state index < -0.39 is 22.5 Å². The Morgan fingerprint density at radius 1 is 0.971 bits per heavy atom. The van der Waals surface area contributed by atoms with Gasteiger partial charge in [-0.05, 0) is 61.5 Å². The first kappa shape index (κ1) is 26.2. The van der Waals surface area contributed by atoms with Crippen molar-refractivity contribution in [1.82, 2.24) is 5.32 Å². The van der Waals surface area contributed by atoms with Crippen molar-refractivity contribution in [3.8, 4) is 17.2 Å². The van der Waals surface area contributed by atoms with E-state index >= 15 is 0 Å². The number of amides is 1. The first-order valence-corrected chi connectivity index (χ1v) is 12.5. The molecule has 3 aromatic rings. The average molecular weight is 519 g/mol. The number of carbonyl (C=O) groups is 1. The minimum atomic E-state index is -4.05. The number of carbonyl (C=O) groups excluding carboxylic acids is 1. The van der Waals surface area contributed by atoms with E-state index in [0.29, 0.717) is 17.2 Å². The molecule has 1 unspecified atom stereocenters. The fraction of sp³-hybridized carbons (Fsp3) is 0.240. The molecule has 1 atom stereocenters. The van der Waals surface area contributed by atoms with Crippen LogP contribution in [0, 0.1) is 0 Å². The van der Waals surface area contributed by atoms with E-state index in [1.165, 1.54) is 31.4 Å². The highest BCUT2D eigenvalue weighted by atomic mass is 35.5. The van der Waals surface area contributed by atoms with Crippen molar-refractivity contribution < 1.29 is 27.4 Å². The Morgan fingerprint density at radius 2 is 1.63 bits per heavy atom. The second-order valence-corrected chi connectivity index (χ2v) is 9.87. The Bertz CT molecular complexity index is 1240. The van der Waals surface area contributed by atoms with Gasteiger partial charge in [0.15, 0.2) is 0 Å². The van der Waals surface area contributed by atoms with Gasteiger partial charge in [-0.15, -0.1) is 0 Å². The van der Waals surface area contributed by atoms with Crippen LogP contribution in [0.5, 0.6) is 17.2 Å². The highest BCUT2D eigenvalue weighted by molar-refractivity contribution is 7.92. The normalized spacial score (nSPS) is 11.9. The van der Waals surface area contributed by atoms with Gasteiger partial charge in [-0.1, -0.05) is 29.8 Å². The van der Waals surface area contributed by atoms with Gasteiger partial charge in [-0.3, -0.25) is 9.10 Å². The van der Waals surface area contributed by atoms with E-state index in [1.54, 1.807) is 62.6 Å². The summed E-state index contributed by atoms with van der Waals surface area (Å²) in [5.41, 5.74) is 0.233. The molecule has 8 nitrogen and oxygen atoms in total. The second-order valence-electron chi connectivity index (χ2n) is 7.60. The molecule has 1 amide bonds. The maximum atomic E-state index is 13.4. The minimum Gasteiger partial charge on any atom is -0.497 e. The van der Waals surface area contributed by atoms with Crippen LogP contribution in [-0.4, -0.2) is 47.7 Å². The van der Waals surface area contributed by atoms with Crippen molar-refractivity contribution in [2.75, 3.05) is 31.7 Å². The largest absolute Gasteiger partial charge is 0.497 e. The van der Waals surface area contributed by atoms with E-state index in [0.717, 1.165) is 4.31 Å². The van der Waals surface area contributed by atoms with E-state index in [4.69, 9.17) is 25.8 Å². The van der Waals surface area contributed by atoms with Gasteiger partial charge in [0.1, 0.15) is 30.4 Å². The molecule has 0 radical (unpaired) electrons. The van der Waals surface area contributed by atoms with Crippen LogP contribution in [0.1, 0.15) is 6.92 Å². The van der Waals surface area contributed by atoms with Gasteiger partial charge in [0.25, 0.3) is 10.0 Å². The first-order valence-electron chi connectivity index (χ1n) is 10.7.